The third-order valence-electron chi connectivity index (χ3n) is 5.81. The van der Waals surface area contributed by atoms with Crippen molar-refractivity contribution >= 4 is 34.1 Å². The van der Waals surface area contributed by atoms with Crippen molar-refractivity contribution in [3.05, 3.63) is 46.4 Å². The monoisotopic (exact) mass is 452 g/mol. The van der Waals surface area contributed by atoms with Gasteiger partial charge in [-0.3, -0.25) is 0 Å². The zero-order chi connectivity index (χ0) is 22.3. The third kappa shape index (κ3) is 4.43. The molecule has 0 spiro atoms. The summed E-state index contributed by atoms with van der Waals surface area (Å²) in [6.45, 7) is 3.67. The molecule has 31 heavy (non-hydrogen) atoms. The van der Waals surface area contributed by atoms with Crippen LogP contribution in [0.4, 0.5) is 24.7 Å². The van der Waals surface area contributed by atoms with Gasteiger partial charge in [0, 0.05) is 24.3 Å². The number of halogens is 4. The third-order valence-corrected chi connectivity index (χ3v) is 5.98. The molecule has 3 aromatic rings. The Kier molecular flexibility index (Phi) is 5.74. The van der Waals surface area contributed by atoms with Crippen LogP contribution in [-0.4, -0.2) is 27.6 Å². The molecule has 0 amide bonds. The van der Waals surface area contributed by atoms with Crippen molar-refractivity contribution in [1.82, 2.24) is 19.9 Å². The van der Waals surface area contributed by atoms with E-state index in [1.165, 1.54) is 6.07 Å². The van der Waals surface area contributed by atoms with E-state index in [-0.39, 0.29) is 11.0 Å². The van der Waals surface area contributed by atoms with Gasteiger partial charge in [0.2, 0.25) is 5.28 Å². The number of aryl methyl sites for hydroxylation is 1. The normalized spacial score (nSPS) is 16.6. The number of nitrogen functional groups attached to an aromatic ring is 1. The van der Waals surface area contributed by atoms with Crippen LogP contribution in [0.15, 0.2) is 24.3 Å². The summed E-state index contributed by atoms with van der Waals surface area (Å²) in [5.74, 6) is 0.877. The Morgan fingerprint density at radius 2 is 1.90 bits per heavy atom. The standard InChI is InChI=1S/C21H24ClF3N6/c1-11(13-7-14(21(23,24)25)9-15(26)8-13)28-18-16-10-17(12-3-5-27-6-4-12)31(2)19(16)30-20(22)29-18/h7-12,27H,3-6,26H2,1-2H3,(H,28,29,30)/t11-/m1/s1. The van der Waals surface area contributed by atoms with Gasteiger partial charge in [-0.15, -0.1) is 0 Å². The van der Waals surface area contributed by atoms with E-state index in [4.69, 9.17) is 17.3 Å². The van der Waals surface area contributed by atoms with E-state index in [1.807, 2.05) is 11.6 Å². The van der Waals surface area contributed by atoms with Gasteiger partial charge < -0.3 is 20.9 Å². The second-order valence-electron chi connectivity index (χ2n) is 7.98. The molecule has 1 aliphatic heterocycles. The number of nitrogens with one attached hydrogen (secondary N) is 2. The first kappa shape index (κ1) is 21.7. The van der Waals surface area contributed by atoms with Gasteiger partial charge in [-0.2, -0.15) is 18.2 Å². The van der Waals surface area contributed by atoms with E-state index in [0.717, 1.165) is 49.1 Å². The molecule has 0 aliphatic carbocycles. The van der Waals surface area contributed by atoms with Crippen molar-refractivity contribution in [3.8, 4) is 0 Å². The highest BCUT2D eigenvalue weighted by Gasteiger charge is 2.31. The van der Waals surface area contributed by atoms with E-state index in [2.05, 4.69) is 26.7 Å². The lowest BCUT2D eigenvalue weighted by molar-refractivity contribution is -0.137. The lowest BCUT2D eigenvalue weighted by Gasteiger charge is -2.23. The largest absolute Gasteiger partial charge is 0.416 e. The maximum atomic E-state index is 13.2. The van der Waals surface area contributed by atoms with Crippen molar-refractivity contribution in [1.29, 1.82) is 0 Å². The number of nitrogens with two attached hydrogens (primary N) is 1. The maximum absolute atomic E-state index is 13.2. The van der Waals surface area contributed by atoms with Crippen molar-refractivity contribution in [2.75, 3.05) is 24.1 Å². The zero-order valence-corrected chi connectivity index (χ0v) is 18.0. The van der Waals surface area contributed by atoms with E-state index in [9.17, 15) is 13.2 Å². The van der Waals surface area contributed by atoms with Gasteiger partial charge in [0.15, 0.2) is 0 Å². The predicted octanol–water partition coefficient (Wildman–Crippen LogP) is 4.86. The molecular weight excluding hydrogens is 429 g/mol. The summed E-state index contributed by atoms with van der Waals surface area (Å²) in [6.07, 6.45) is -2.43. The van der Waals surface area contributed by atoms with E-state index in [0.29, 0.717) is 22.9 Å². The summed E-state index contributed by atoms with van der Waals surface area (Å²) >= 11 is 6.18. The average molecular weight is 453 g/mol. The number of anilines is 2. The number of fused-ring (bicyclic) bond motifs is 1. The quantitative estimate of drug-likeness (QED) is 0.389. The Bertz CT molecular complexity index is 1100. The Labute approximate surface area is 183 Å². The van der Waals surface area contributed by atoms with Crippen molar-refractivity contribution < 1.29 is 13.2 Å². The minimum absolute atomic E-state index is 0.0530. The molecule has 1 saturated heterocycles. The fourth-order valence-corrected chi connectivity index (χ4v) is 4.35. The number of aromatic nitrogens is 3. The topological polar surface area (TPSA) is 80.8 Å². The van der Waals surface area contributed by atoms with Crippen LogP contribution in [0, 0.1) is 0 Å². The van der Waals surface area contributed by atoms with Crippen LogP contribution in [0.3, 0.4) is 0 Å². The van der Waals surface area contributed by atoms with Gasteiger partial charge in [0.05, 0.1) is 17.0 Å². The average Bonchev–Trinajstić information content (AvgIpc) is 3.04. The summed E-state index contributed by atoms with van der Waals surface area (Å²) in [6, 6.07) is 5.12. The Morgan fingerprint density at radius 1 is 1.19 bits per heavy atom. The fraction of sp³-hybridized carbons (Fsp3) is 0.429. The summed E-state index contributed by atoms with van der Waals surface area (Å²) in [5.41, 5.74) is 7.23. The first-order valence-electron chi connectivity index (χ1n) is 10.1. The molecule has 1 fully saturated rings. The van der Waals surface area contributed by atoms with Crippen molar-refractivity contribution in [2.24, 2.45) is 7.05 Å². The van der Waals surface area contributed by atoms with Crippen LogP contribution in [-0.2, 0) is 13.2 Å². The Hall–Kier alpha value is -2.52. The number of alkyl halides is 3. The SMILES string of the molecule is C[C@@H](Nc1nc(Cl)nc2c1cc(C1CCNCC1)n2C)c1cc(N)cc(C(F)(F)F)c1. The smallest absolute Gasteiger partial charge is 0.399 e. The molecule has 1 atom stereocenters. The minimum Gasteiger partial charge on any atom is -0.399 e. The minimum atomic E-state index is -4.47. The van der Waals surface area contributed by atoms with Crippen LogP contribution < -0.4 is 16.4 Å². The van der Waals surface area contributed by atoms with Gasteiger partial charge in [-0.1, -0.05) is 0 Å². The van der Waals surface area contributed by atoms with Crippen LogP contribution >= 0.6 is 11.6 Å². The number of rotatable bonds is 4. The lowest BCUT2D eigenvalue weighted by Crippen LogP contribution is -2.27. The van der Waals surface area contributed by atoms with Crippen LogP contribution in [0.1, 0.15) is 48.5 Å². The number of piperidine rings is 1. The molecule has 2 aromatic heterocycles. The van der Waals surface area contributed by atoms with Crippen LogP contribution in [0.25, 0.3) is 11.0 Å². The second-order valence-corrected chi connectivity index (χ2v) is 8.32. The summed E-state index contributed by atoms with van der Waals surface area (Å²) in [4.78, 5) is 8.71. The van der Waals surface area contributed by atoms with Crippen molar-refractivity contribution in [3.63, 3.8) is 0 Å². The molecule has 0 bridgehead atoms. The van der Waals surface area contributed by atoms with Gasteiger partial charge in [-0.25, -0.2) is 4.98 Å². The molecule has 0 radical (unpaired) electrons. The molecule has 0 saturated carbocycles. The highest BCUT2D eigenvalue weighted by molar-refractivity contribution is 6.28. The summed E-state index contributed by atoms with van der Waals surface area (Å²) < 4.78 is 41.6. The number of hydrogen-bond acceptors (Lipinski definition) is 5. The van der Waals surface area contributed by atoms with Crippen LogP contribution in [0.2, 0.25) is 5.28 Å². The second kappa shape index (κ2) is 8.20. The van der Waals surface area contributed by atoms with E-state index >= 15 is 0 Å². The number of benzene rings is 1. The molecule has 4 rings (SSSR count). The van der Waals surface area contributed by atoms with Gasteiger partial charge in [0.25, 0.3) is 0 Å². The number of hydrogen-bond donors (Lipinski definition) is 3. The summed E-state index contributed by atoms with van der Waals surface area (Å²) in [5, 5.41) is 7.43. The first-order valence-corrected chi connectivity index (χ1v) is 10.5. The maximum Gasteiger partial charge on any atom is 0.416 e. The molecule has 10 heteroatoms. The van der Waals surface area contributed by atoms with Crippen LogP contribution in [0.5, 0.6) is 0 Å². The molecule has 6 nitrogen and oxygen atoms in total. The summed E-state index contributed by atoms with van der Waals surface area (Å²) in [7, 11) is 1.95. The molecule has 0 unspecified atom stereocenters. The Balaban J connectivity index is 1.71. The highest BCUT2D eigenvalue weighted by atomic mass is 35.5. The fourth-order valence-electron chi connectivity index (χ4n) is 4.18. The van der Waals surface area contributed by atoms with Gasteiger partial charge >= 0.3 is 6.18 Å². The van der Waals surface area contributed by atoms with E-state index in [1.54, 1.807) is 6.92 Å². The molecule has 1 aliphatic rings. The zero-order valence-electron chi connectivity index (χ0n) is 17.2. The number of nitrogens with zero attached hydrogens (tertiary/aromatic N) is 3. The molecule has 1 aromatic carbocycles. The van der Waals surface area contributed by atoms with E-state index < -0.39 is 17.8 Å². The lowest BCUT2D eigenvalue weighted by atomic mass is 9.94. The first-order chi connectivity index (χ1) is 14.6. The Morgan fingerprint density at radius 3 is 2.58 bits per heavy atom. The molecule has 3 heterocycles. The highest BCUT2D eigenvalue weighted by Crippen LogP contribution is 2.36. The van der Waals surface area contributed by atoms with Gasteiger partial charge in [-0.05, 0) is 74.3 Å². The molecule has 4 N–H and O–H groups in total. The van der Waals surface area contributed by atoms with Crippen molar-refractivity contribution in [2.45, 2.75) is 37.9 Å². The molecular formula is C21H24ClF3N6. The van der Waals surface area contributed by atoms with Gasteiger partial charge in [0.1, 0.15) is 11.5 Å². The molecule has 166 valence electrons. The predicted molar refractivity (Wildman–Crippen MR) is 116 cm³/mol.